The summed E-state index contributed by atoms with van der Waals surface area (Å²) in [4.78, 5) is 0. The first-order valence-electron chi connectivity index (χ1n) is 8.78. The molecule has 0 heterocycles. The summed E-state index contributed by atoms with van der Waals surface area (Å²) in [6.45, 7) is 8.93. The second-order valence-electron chi connectivity index (χ2n) is 7.07. The Labute approximate surface area is 184 Å². The molecule has 1 radical (unpaired) electrons. The number of rotatable bonds is 2. The number of hydrogen-bond acceptors (Lipinski definition) is 0. The van der Waals surface area contributed by atoms with Crippen molar-refractivity contribution in [3.63, 3.8) is 0 Å². The first kappa shape index (κ1) is 24.0. The van der Waals surface area contributed by atoms with Crippen molar-refractivity contribution < 1.29 is 53.8 Å². The van der Waals surface area contributed by atoms with Crippen molar-refractivity contribution in [1.82, 2.24) is 0 Å². The van der Waals surface area contributed by atoms with Gasteiger partial charge in [0.1, 0.15) is 0 Å². The Hall–Kier alpha value is 1.01. The summed E-state index contributed by atoms with van der Waals surface area (Å²) in [7, 11) is 0. The molecule has 0 spiro atoms. The number of fused-ring (bicyclic) bond motifs is 1. The zero-order chi connectivity index (χ0) is 15.1. The third-order valence-electron chi connectivity index (χ3n) is 5.39. The van der Waals surface area contributed by atoms with Gasteiger partial charge in [0.15, 0.2) is 0 Å². The number of benzene rings is 1. The number of aryl methyl sites for hydroxylation is 1. The van der Waals surface area contributed by atoms with E-state index < -0.39 is 0 Å². The molecule has 2 unspecified atom stereocenters. The van der Waals surface area contributed by atoms with E-state index in [0.29, 0.717) is 0 Å². The van der Waals surface area contributed by atoms with Gasteiger partial charge in [-0.15, -0.1) is 0 Å². The summed E-state index contributed by atoms with van der Waals surface area (Å²) in [5.74, 6) is 0.748. The molecule has 3 rings (SSSR count). The Kier molecular flexibility index (Phi) is 12.9. The maximum atomic E-state index is 4.38. The zero-order valence-electron chi connectivity index (χ0n) is 14.9. The van der Waals surface area contributed by atoms with Crippen LogP contribution in [0.5, 0.6) is 0 Å². The van der Waals surface area contributed by atoms with Gasteiger partial charge in [-0.05, 0) is 6.42 Å². The number of hydrogen-bond donors (Lipinski definition) is 0. The molecule has 1 aromatic rings. The van der Waals surface area contributed by atoms with Gasteiger partial charge in [-0.25, -0.2) is 0 Å². The Balaban J connectivity index is 0.000000518. The summed E-state index contributed by atoms with van der Waals surface area (Å²) in [5, 5.41) is 0. The van der Waals surface area contributed by atoms with E-state index in [1.54, 1.807) is 0 Å². The van der Waals surface area contributed by atoms with E-state index in [-0.39, 0.29) is 59.2 Å². The normalized spacial score (nSPS) is 22.1. The van der Waals surface area contributed by atoms with Crippen LogP contribution in [0.2, 0.25) is 0 Å². The molecule has 0 N–H and O–H groups in total. The van der Waals surface area contributed by atoms with Gasteiger partial charge in [0.05, 0.1) is 0 Å². The zero-order valence-corrected chi connectivity index (χ0v) is 20.7. The molecular weight excluding hydrogens is 525 g/mol. The van der Waals surface area contributed by atoms with E-state index in [9.17, 15) is 0 Å². The Morgan fingerprint density at radius 1 is 1.26 bits per heavy atom. The molecule has 2 aliphatic rings. The van der Waals surface area contributed by atoms with Crippen molar-refractivity contribution in [1.29, 1.82) is 0 Å². The second kappa shape index (κ2) is 12.4. The molecule has 1 aromatic carbocycles. The van der Waals surface area contributed by atoms with E-state index in [4.69, 9.17) is 0 Å². The minimum absolute atomic E-state index is 0. The Morgan fingerprint density at radius 2 is 1.96 bits per heavy atom. The molecule has 0 nitrogen and oxygen atoms in total. The van der Waals surface area contributed by atoms with Crippen LogP contribution in [-0.2, 0) is 66.6 Å². The molecule has 1 fully saturated rings. The van der Waals surface area contributed by atoms with Gasteiger partial charge in [-0.2, -0.15) is 53.6 Å². The predicted octanol–water partition coefficient (Wildman–Crippen LogP) is 5.99. The minimum Gasteiger partial charge on any atom is -0.337 e. The quantitative estimate of drug-likeness (QED) is 0.393. The van der Waals surface area contributed by atoms with Crippen molar-refractivity contribution in [2.45, 2.75) is 71.6 Å². The molecule has 2 atom stereocenters. The van der Waals surface area contributed by atoms with E-state index in [0.717, 1.165) is 5.92 Å². The van der Waals surface area contributed by atoms with Crippen LogP contribution in [-0.4, -0.2) is 0 Å². The van der Waals surface area contributed by atoms with Gasteiger partial charge in [-0.1, -0.05) is 58.3 Å². The van der Waals surface area contributed by atoms with Gasteiger partial charge < -0.3 is 13.3 Å². The standard InChI is InChI=1S/C15H20.C6H11.W.Y/c1-4-15(2,3)14-10-9-12-7-5-6-8-13(12)11-14;1-2-4-6-5-3-1;;/h6-8,14H,2,4,9-11H2,1,3H3;1H,2-6H2;;/q-2;-1;+2;. The van der Waals surface area contributed by atoms with Gasteiger partial charge >= 0.3 is 21.1 Å². The van der Waals surface area contributed by atoms with Crippen LogP contribution < -0.4 is 0 Å². The van der Waals surface area contributed by atoms with Crippen molar-refractivity contribution in [3.05, 3.63) is 48.7 Å². The average Bonchev–Trinajstić information content (AvgIpc) is 2.56. The predicted molar refractivity (Wildman–Crippen MR) is 91.9 cm³/mol. The molecule has 1 saturated carbocycles. The van der Waals surface area contributed by atoms with Crippen molar-refractivity contribution >= 4 is 0 Å². The van der Waals surface area contributed by atoms with Crippen molar-refractivity contribution in [2.75, 3.05) is 0 Å². The van der Waals surface area contributed by atoms with Crippen LogP contribution in [0.25, 0.3) is 0 Å². The topological polar surface area (TPSA) is 0 Å². The smallest absolute Gasteiger partial charge is 0.337 e. The first-order valence-corrected chi connectivity index (χ1v) is 8.78. The summed E-state index contributed by atoms with van der Waals surface area (Å²) >= 11 is 0. The monoisotopic (exact) mass is 556 g/mol. The molecule has 2 aliphatic carbocycles. The third-order valence-corrected chi connectivity index (χ3v) is 5.39. The largest absolute Gasteiger partial charge is 2.00 e. The minimum atomic E-state index is 0. The maximum absolute atomic E-state index is 4.38. The van der Waals surface area contributed by atoms with E-state index in [1.807, 2.05) is 6.07 Å². The van der Waals surface area contributed by atoms with Crippen molar-refractivity contribution in [2.24, 2.45) is 11.3 Å². The molecule has 125 valence electrons. The molecule has 0 aromatic heterocycles. The summed E-state index contributed by atoms with van der Waals surface area (Å²) in [6.07, 6.45) is 14.4. The van der Waals surface area contributed by atoms with E-state index >= 15 is 0 Å². The average molecular weight is 556 g/mol. The van der Waals surface area contributed by atoms with Crippen LogP contribution in [0.15, 0.2) is 18.2 Å². The fourth-order valence-electron chi connectivity index (χ4n) is 3.41. The van der Waals surface area contributed by atoms with Crippen LogP contribution >= 0.6 is 0 Å². The van der Waals surface area contributed by atoms with Crippen LogP contribution in [0, 0.1) is 30.7 Å². The van der Waals surface area contributed by atoms with Crippen molar-refractivity contribution in [3.8, 4) is 0 Å². The summed E-state index contributed by atoms with van der Waals surface area (Å²) in [6, 6.07) is 9.59. The molecule has 2 heteroatoms. The SMILES string of the molecule is [CH-]1CCCCC1.[CH2-]C(C)(CC)C1CCc2c[c-]ccc2C1.[W+2].[Y]. The summed E-state index contributed by atoms with van der Waals surface area (Å²) in [5.41, 5.74) is 3.27. The van der Waals surface area contributed by atoms with Crippen LogP contribution in [0.4, 0.5) is 0 Å². The molecule has 0 aliphatic heterocycles. The first-order chi connectivity index (χ1) is 10.1. The van der Waals surface area contributed by atoms with Crippen LogP contribution in [0.1, 0.15) is 69.9 Å². The fourth-order valence-corrected chi connectivity index (χ4v) is 3.41. The molecule has 0 saturated heterocycles. The van der Waals surface area contributed by atoms with Gasteiger partial charge in [0, 0.05) is 32.7 Å². The Morgan fingerprint density at radius 3 is 2.48 bits per heavy atom. The molecule has 0 bridgehead atoms. The van der Waals surface area contributed by atoms with E-state index in [1.165, 1.54) is 68.9 Å². The third kappa shape index (κ3) is 7.83. The van der Waals surface area contributed by atoms with Crippen LogP contribution in [0.3, 0.4) is 0 Å². The summed E-state index contributed by atoms with van der Waals surface area (Å²) < 4.78 is 0. The fraction of sp³-hybridized carbons (Fsp3) is 0.619. The van der Waals surface area contributed by atoms with Gasteiger partial charge in [0.25, 0.3) is 0 Å². The maximum Gasteiger partial charge on any atom is 2.00 e. The Bertz CT molecular complexity index is 412. The van der Waals surface area contributed by atoms with Gasteiger partial charge in [-0.3, -0.25) is 0 Å². The molecular formula is C21H31WY-. The second-order valence-corrected chi connectivity index (χ2v) is 7.07. The van der Waals surface area contributed by atoms with E-state index in [2.05, 4.69) is 45.4 Å². The molecule has 23 heavy (non-hydrogen) atoms. The molecule has 0 amide bonds. The van der Waals surface area contributed by atoms with Gasteiger partial charge in [0.2, 0.25) is 0 Å².